The molecule has 0 bridgehead atoms. The Morgan fingerprint density at radius 1 is 1.24 bits per heavy atom. The summed E-state index contributed by atoms with van der Waals surface area (Å²) >= 11 is 1.38. The average molecular weight is 309 g/mol. The van der Waals surface area contributed by atoms with Crippen molar-refractivity contribution in [2.45, 2.75) is 38.6 Å². The van der Waals surface area contributed by atoms with Crippen LogP contribution >= 0.6 is 11.3 Å². The highest BCUT2D eigenvalue weighted by Crippen LogP contribution is 2.28. The Bertz CT molecular complexity index is 638. The third-order valence-electron chi connectivity index (χ3n) is 3.52. The van der Waals surface area contributed by atoms with Gasteiger partial charge in [-0.25, -0.2) is 8.78 Å². The summed E-state index contributed by atoms with van der Waals surface area (Å²) in [5.41, 5.74) is 0.741. The summed E-state index contributed by atoms with van der Waals surface area (Å²) < 4.78 is 27.1. The minimum atomic E-state index is -0.587. The molecular weight excluding hydrogens is 292 g/mol. The minimum Gasteiger partial charge on any atom is -0.314 e. The van der Waals surface area contributed by atoms with Crippen molar-refractivity contribution in [3.05, 3.63) is 34.3 Å². The van der Waals surface area contributed by atoms with Crippen molar-refractivity contribution in [1.29, 1.82) is 0 Å². The lowest BCUT2D eigenvalue weighted by molar-refractivity contribution is 0.579. The van der Waals surface area contributed by atoms with E-state index < -0.39 is 11.6 Å². The maximum absolute atomic E-state index is 13.8. The van der Waals surface area contributed by atoms with Gasteiger partial charge in [-0.3, -0.25) is 0 Å². The van der Waals surface area contributed by atoms with Crippen LogP contribution < -0.4 is 5.32 Å². The van der Waals surface area contributed by atoms with Crippen molar-refractivity contribution in [2.75, 3.05) is 6.54 Å². The van der Waals surface area contributed by atoms with Crippen molar-refractivity contribution in [1.82, 2.24) is 15.5 Å². The van der Waals surface area contributed by atoms with E-state index in [-0.39, 0.29) is 0 Å². The first-order valence-electron chi connectivity index (χ1n) is 7.15. The van der Waals surface area contributed by atoms with Gasteiger partial charge in [-0.15, -0.1) is 10.2 Å². The molecule has 1 aromatic heterocycles. The molecule has 2 aromatic rings. The third kappa shape index (κ3) is 3.63. The standard InChI is InChI=1S/C15H17F2N3S/c1-9-7-11(13(17)8-12(9)16)15-20-19-14(21-15)3-2-6-18-10-4-5-10/h7-8,10,18H,2-6H2,1H3. The summed E-state index contributed by atoms with van der Waals surface area (Å²) in [5.74, 6) is -1.12. The van der Waals surface area contributed by atoms with Gasteiger partial charge >= 0.3 is 0 Å². The zero-order valence-corrected chi connectivity index (χ0v) is 12.6. The van der Waals surface area contributed by atoms with Crippen LogP contribution in [0.3, 0.4) is 0 Å². The van der Waals surface area contributed by atoms with Crippen LogP contribution in [0.15, 0.2) is 12.1 Å². The highest BCUT2D eigenvalue weighted by atomic mass is 32.1. The molecule has 1 aliphatic rings. The van der Waals surface area contributed by atoms with Gasteiger partial charge in [0.2, 0.25) is 0 Å². The Balaban J connectivity index is 1.64. The molecule has 0 atom stereocenters. The molecule has 1 saturated carbocycles. The molecule has 0 radical (unpaired) electrons. The van der Waals surface area contributed by atoms with Crippen LogP contribution in [0.2, 0.25) is 0 Å². The lowest BCUT2D eigenvalue weighted by atomic mass is 10.1. The molecule has 1 N–H and O–H groups in total. The second kappa shape index (κ2) is 6.15. The van der Waals surface area contributed by atoms with Crippen LogP contribution in [-0.4, -0.2) is 22.8 Å². The molecule has 0 aliphatic heterocycles. The molecule has 6 heteroatoms. The molecule has 3 rings (SSSR count). The van der Waals surface area contributed by atoms with E-state index in [1.807, 2.05) is 0 Å². The van der Waals surface area contributed by atoms with Gasteiger partial charge in [0, 0.05) is 24.1 Å². The molecule has 3 nitrogen and oxygen atoms in total. The van der Waals surface area contributed by atoms with Gasteiger partial charge in [-0.05, 0) is 44.4 Å². The first kappa shape index (κ1) is 14.5. The van der Waals surface area contributed by atoms with Crippen LogP contribution in [0.25, 0.3) is 10.6 Å². The molecule has 0 saturated heterocycles. The van der Waals surface area contributed by atoms with Gasteiger partial charge in [0.25, 0.3) is 0 Å². The van der Waals surface area contributed by atoms with E-state index in [2.05, 4.69) is 15.5 Å². The summed E-state index contributed by atoms with van der Waals surface area (Å²) in [7, 11) is 0. The van der Waals surface area contributed by atoms with Crippen molar-refractivity contribution in [3.8, 4) is 10.6 Å². The summed E-state index contributed by atoms with van der Waals surface area (Å²) in [6.07, 6.45) is 4.40. The summed E-state index contributed by atoms with van der Waals surface area (Å²) in [6.45, 7) is 2.59. The number of aryl methyl sites for hydroxylation is 2. The first-order chi connectivity index (χ1) is 10.1. The Morgan fingerprint density at radius 3 is 2.81 bits per heavy atom. The maximum Gasteiger partial charge on any atom is 0.150 e. The normalized spacial score (nSPS) is 14.6. The first-order valence-corrected chi connectivity index (χ1v) is 7.97. The molecule has 1 heterocycles. The Kier molecular flexibility index (Phi) is 4.26. The van der Waals surface area contributed by atoms with Gasteiger partial charge in [0.15, 0.2) is 5.01 Å². The highest BCUT2D eigenvalue weighted by Gasteiger charge is 2.19. The summed E-state index contributed by atoms with van der Waals surface area (Å²) in [6, 6.07) is 3.11. The number of benzene rings is 1. The van der Waals surface area contributed by atoms with E-state index >= 15 is 0 Å². The van der Waals surface area contributed by atoms with Crippen molar-refractivity contribution >= 4 is 11.3 Å². The van der Waals surface area contributed by atoms with Gasteiger partial charge < -0.3 is 5.32 Å². The predicted octanol–water partition coefficient (Wildman–Crippen LogP) is 3.48. The zero-order valence-electron chi connectivity index (χ0n) is 11.8. The Labute approximate surface area is 126 Å². The van der Waals surface area contributed by atoms with Crippen LogP contribution in [-0.2, 0) is 6.42 Å². The lowest BCUT2D eigenvalue weighted by Crippen LogP contribution is -2.17. The molecule has 21 heavy (non-hydrogen) atoms. The van der Waals surface area contributed by atoms with Gasteiger partial charge in [0.1, 0.15) is 16.6 Å². The fourth-order valence-corrected chi connectivity index (χ4v) is 3.02. The molecule has 1 aliphatic carbocycles. The lowest BCUT2D eigenvalue weighted by Gasteiger charge is -2.01. The van der Waals surface area contributed by atoms with E-state index in [0.717, 1.165) is 30.5 Å². The van der Waals surface area contributed by atoms with Gasteiger partial charge in [0.05, 0.1) is 0 Å². The Morgan fingerprint density at radius 2 is 2.05 bits per heavy atom. The summed E-state index contributed by atoms with van der Waals surface area (Å²) in [5, 5.41) is 13.0. The highest BCUT2D eigenvalue weighted by molar-refractivity contribution is 7.14. The van der Waals surface area contributed by atoms with Crippen molar-refractivity contribution < 1.29 is 8.78 Å². The fraction of sp³-hybridized carbons (Fsp3) is 0.467. The van der Waals surface area contributed by atoms with Crippen LogP contribution in [0, 0.1) is 18.6 Å². The maximum atomic E-state index is 13.8. The van der Waals surface area contributed by atoms with Gasteiger partial charge in [-0.2, -0.15) is 0 Å². The third-order valence-corrected chi connectivity index (χ3v) is 4.54. The monoisotopic (exact) mass is 309 g/mol. The summed E-state index contributed by atoms with van der Waals surface area (Å²) in [4.78, 5) is 0. The predicted molar refractivity (Wildman–Crippen MR) is 79.3 cm³/mol. The second-order valence-electron chi connectivity index (χ2n) is 5.41. The van der Waals surface area contributed by atoms with E-state index in [1.165, 1.54) is 30.2 Å². The number of aromatic nitrogens is 2. The quantitative estimate of drug-likeness (QED) is 0.830. The van der Waals surface area contributed by atoms with Crippen molar-refractivity contribution in [2.24, 2.45) is 0 Å². The zero-order chi connectivity index (χ0) is 14.8. The largest absolute Gasteiger partial charge is 0.314 e. The molecule has 112 valence electrons. The molecule has 0 unspecified atom stereocenters. The van der Waals surface area contributed by atoms with E-state index in [1.54, 1.807) is 6.92 Å². The van der Waals surface area contributed by atoms with Crippen LogP contribution in [0.5, 0.6) is 0 Å². The number of rotatable bonds is 6. The number of hydrogen-bond donors (Lipinski definition) is 1. The molecule has 1 aromatic carbocycles. The van der Waals surface area contributed by atoms with E-state index in [0.29, 0.717) is 22.2 Å². The number of hydrogen-bond acceptors (Lipinski definition) is 4. The smallest absolute Gasteiger partial charge is 0.150 e. The fourth-order valence-electron chi connectivity index (χ4n) is 2.12. The van der Waals surface area contributed by atoms with Crippen molar-refractivity contribution in [3.63, 3.8) is 0 Å². The second-order valence-corrected chi connectivity index (χ2v) is 6.48. The molecule has 0 spiro atoms. The average Bonchev–Trinajstić information content (AvgIpc) is 3.16. The number of nitrogens with one attached hydrogen (secondary N) is 1. The molecular formula is C15H17F2N3S. The van der Waals surface area contributed by atoms with E-state index in [9.17, 15) is 8.78 Å². The van der Waals surface area contributed by atoms with Crippen LogP contribution in [0.4, 0.5) is 8.78 Å². The number of nitrogens with zero attached hydrogens (tertiary/aromatic N) is 2. The number of halogens is 2. The van der Waals surface area contributed by atoms with Gasteiger partial charge in [-0.1, -0.05) is 11.3 Å². The SMILES string of the molecule is Cc1cc(-c2nnc(CCCNC3CC3)s2)c(F)cc1F. The van der Waals surface area contributed by atoms with E-state index in [4.69, 9.17) is 0 Å². The minimum absolute atomic E-state index is 0.328. The topological polar surface area (TPSA) is 37.8 Å². The Hall–Kier alpha value is -1.40. The molecule has 0 amide bonds. The molecule has 1 fully saturated rings. The van der Waals surface area contributed by atoms with Crippen LogP contribution in [0.1, 0.15) is 29.8 Å².